The third kappa shape index (κ3) is 4.93. The van der Waals surface area contributed by atoms with Crippen molar-refractivity contribution in [2.45, 2.75) is 33.4 Å². The summed E-state index contributed by atoms with van der Waals surface area (Å²) in [6.45, 7) is 6.90. The normalized spacial score (nSPS) is 11.0. The maximum atomic E-state index is 12.3. The fraction of sp³-hybridized carbons (Fsp3) is 0.444. The van der Waals surface area contributed by atoms with E-state index >= 15 is 0 Å². The van der Waals surface area contributed by atoms with Gasteiger partial charge in [-0.2, -0.15) is 0 Å². The Morgan fingerprint density at radius 2 is 1.91 bits per heavy atom. The van der Waals surface area contributed by atoms with Gasteiger partial charge in [-0.15, -0.1) is 0 Å². The lowest BCUT2D eigenvalue weighted by molar-refractivity contribution is 0.0754. The fourth-order valence-electron chi connectivity index (χ4n) is 2.54. The van der Waals surface area contributed by atoms with Gasteiger partial charge in [0.15, 0.2) is 11.5 Å². The molecule has 2 aromatic rings. The number of rotatable bonds is 8. The molecule has 124 valence electrons. The molecule has 0 spiro atoms. The molecule has 0 aliphatic carbocycles. The van der Waals surface area contributed by atoms with E-state index < -0.39 is 0 Å². The molecule has 5 nitrogen and oxygen atoms in total. The zero-order valence-electron chi connectivity index (χ0n) is 14.2. The Balaban J connectivity index is 1.95. The first-order valence-electron chi connectivity index (χ1n) is 8.11. The van der Waals surface area contributed by atoms with Gasteiger partial charge < -0.3 is 9.42 Å². The van der Waals surface area contributed by atoms with E-state index in [1.54, 1.807) is 11.0 Å². The molecule has 1 aromatic carbocycles. The molecule has 1 aromatic heterocycles. The Morgan fingerprint density at radius 3 is 2.57 bits per heavy atom. The second-order valence-electron chi connectivity index (χ2n) is 5.72. The molecule has 0 aliphatic rings. The molecule has 0 N–H and O–H groups in total. The Morgan fingerprint density at radius 1 is 1.17 bits per heavy atom. The highest BCUT2D eigenvalue weighted by atomic mass is 16.5. The van der Waals surface area contributed by atoms with Crippen molar-refractivity contribution in [1.82, 2.24) is 15.0 Å². The highest BCUT2D eigenvalue weighted by molar-refractivity contribution is 5.92. The summed E-state index contributed by atoms with van der Waals surface area (Å²) in [7, 11) is 2.02. The van der Waals surface area contributed by atoms with E-state index in [0.717, 1.165) is 19.5 Å². The predicted octanol–water partition coefficient (Wildman–Crippen LogP) is 3.18. The lowest BCUT2D eigenvalue weighted by atomic mass is 10.2. The van der Waals surface area contributed by atoms with Crippen LogP contribution in [0.15, 0.2) is 40.9 Å². The van der Waals surface area contributed by atoms with Crippen LogP contribution in [0.3, 0.4) is 0 Å². The Labute approximate surface area is 137 Å². The quantitative estimate of drug-likeness (QED) is 0.751. The third-order valence-corrected chi connectivity index (χ3v) is 3.66. The van der Waals surface area contributed by atoms with Gasteiger partial charge in [-0.1, -0.05) is 42.4 Å². The minimum absolute atomic E-state index is 0.0601. The average molecular weight is 315 g/mol. The molecule has 1 amide bonds. The van der Waals surface area contributed by atoms with Crippen LogP contribution in [0.2, 0.25) is 0 Å². The molecule has 5 heteroatoms. The van der Waals surface area contributed by atoms with E-state index in [-0.39, 0.29) is 5.91 Å². The van der Waals surface area contributed by atoms with E-state index in [1.807, 2.05) is 32.2 Å². The standard InChI is InChI=1S/C18H25N3O2/c1-4-11-21(5-2)18(22)17-12-16(23-19-17)14-20(3)13-15-9-7-6-8-10-15/h6-10,12H,4-5,11,13-14H2,1-3H3. The minimum atomic E-state index is -0.0601. The monoisotopic (exact) mass is 315 g/mol. The van der Waals surface area contributed by atoms with Crippen molar-refractivity contribution in [2.75, 3.05) is 20.1 Å². The van der Waals surface area contributed by atoms with E-state index in [2.05, 4.69) is 29.1 Å². The maximum Gasteiger partial charge on any atom is 0.276 e. The molecule has 0 radical (unpaired) electrons. The first-order chi connectivity index (χ1) is 11.1. The zero-order chi connectivity index (χ0) is 16.7. The summed E-state index contributed by atoms with van der Waals surface area (Å²) in [5.74, 6) is 0.648. The van der Waals surface area contributed by atoms with Crippen molar-refractivity contribution in [3.63, 3.8) is 0 Å². The Kier molecular flexibility index (Phi) is 6.35. The van der Waals surface area contributed by atoms with Gasteiger partial charge in [-0.25, -0.2) is 0 Å². The van der Waals surface area contributed by atoms with Crippen molar-refractivity contribution in [3.05, 3.63) is 53.4 Å². The SMILES string of the molecule is CCCN(CC)C(=O)c1cc(CN(C)Cc2ccccc2)on1. The first-order valence-corrected chi connectivity index (χ1v) is 8.11. The van der Waals surface area contributed by atoms with Gasteiger partial charge in [0.2, 0.25) is 0 Å². The highest BCUT2D eigenvalue weighted by Gasteiger charge is 2.18. The molecule has 0 saturated carbocycles. The minimum Gasteiger partial charge on any atom is -0.359 e. The second kappa shape index (κ2) is 8.48. The number of hydrogen-bond acceptors (Lipinski definition) is 4. The van der Waals surface area contributed by atoms with Crippen LogP contribution in [0.25, 0.3) is 0 Å². The van der Waals surface area contributed by atoms with Crippen LogP contribution in [0.1, 0.15) is 42.1 Å². The van der Waals surface area contributed by atoms with Crippen LogP contribution in [-0.4, -0.2) is 41.0 Å². The summed E-state index contributed by atoms with van der Waals surface area (Å²) >= 11 is 0. The summed E-state index contributed by atoms with van der Waals surface area (Å²) in [4.78, 5) is 16.3. The van der Waals surface area contributed by atoms with Gasteiger partial charge >= 0.3 is 0 Å². The molecule has 0 saturated heterocycles. The average Bonchev–Trinajstić information content (AvgIpc) is 3.01. The summed E-state index contributed by atoms with van der Waals surface area (Å²) < 4.78 is 5.33. The van der Waals surface area contributed by atoms with Crippen LogP contribution in [0.4, 0.5) is 0 Å². The number of amides is 1. The van der Waals surface area contributed by atoms with Crippen LogP contribution in [-0.2, 0) is 13.1 Å². The van der Waals surface area contributed by atoms with Crippen molar-refractivity contribution in [1.29, 1.82) is 0 Å². The molecule has 1 heterocycles. The number of aromatic nitrogens is 1. The predicted molar refractivity (Wildman–Crippen MR) is 90.0 cm³/mol. The third-order valence-electron chi connectivity index (χ3n) is 3.66. The zero-order valence-corrected chi connectivity index (χ0v) is 14.2. The molecule has 0 bridgehead atoms. The largest absolute Gasteiger partial charge is 0.359 e. The van der Waals surface area contributed by atoms with Crippen molar-refractivity contribution in [2.24, 2.45) is 0 Å². The number of hydrogen-bond donors (Lipinski definition) is 0. The Hall–Kier alpha value is -2.14. The summed E-state index contributed by atoms with van der Waals surface area (Å²) in [5, 5.41) is 3.93. The van der Waals surface area contributed by atoms with Gasteiger partial charge in [-0.3, -0.25) is 9.69 Å². The fourth-order valence-corrected chi connectivity index (χ4v) is 2.54. The number of nitrogens with zero attached hydrogens (tertiary/aromatic N) is 3. The van der Waals surface area contributed by atoms with E-state index in [1.165, 1.54) is 5.56 Å². The lowest BCUT2D eigenvalue weighted by Crippen LogP contribution is -2.31. The topological polar surface area (TPSA) is 49.6 Å². The molecule has 0 unspecified atom stereocenters. The van der Waals surface area contributed by atoms with Crippen molar-refractivity contribution < 1.29 is 9.32 Å². The molecule has 0 aliphatic heterocycles. The first kappa shape index (κ1) is 17.2. The molecular formula is C18H25N3O2. The number of benzene rings is 1. The van der Waals surface area contributed by atoms with Crippen LogP contribution in [0.5, 0.6) is 0 Å². The molecule has 0 atom stereocenters. The maximum absolute atomic E-state index is 12.3. The van der Waals surface area contributed by atoms with Gasteiger partial charge in [0, 0.05) is 25.7 Å². The van der Waals surface area contributed by atoms with Gasteiger partial charge in [0.05, 0.1) is 6.54 Å². The van der Waals surface area contributed by atoms with Crippen molar-refractivity contribution in [3.8, 4) is 0 Å². The number of carbonyl (C=O) groups excluding carboxylic acids is 1. The van der Waals surface area contributed by atoms with Gasteiger partial charge in [-0.05, 0) is 26.0 Å². The summed E-state index contributed by atoms with van der Waals surface area (Å²) in [6.07, 6.45) is 0.935. The molecule has 23 heavy (non-hydrogen) atoms. The van der Waals surface area contributed by atoms with E-state index in [9.17, 15) is 4.79 Å². The van der Waals surface area contributed by atoms with Crippen LogP contribution in [0, 0.1) is 0 Å². The summed E-state index contributed by atoms with van der Waals surface area (Å²) in [5.41, 5.74) is 1.63. The van der Waals surface area contributed by atoms with Crippen LogP contribution >= 0.6 is 0 Å². The van der Waals surface area contributed by atoms with E-state index in [0.29, 0.717) is 24.5 Å². The smallest absolute Gasteiger partial charge is 0.276 e. The molecular weight excluding hydrogens is 290 g/mol. The van der Waals surface area contributed by atoms with Crippen LogP contribution < -0.4 is 0 Å². The van der Waals surface area contributed by atoms with Gasteiger partial charge in [0.1, 0.15) is 0 Å². The summed E-state index contributed by atoms with van der Waals surface area (Å²) in [6, 6.07) is 12.0. The lowest BCUT2D eigenvalue weighted by Gasteiger charge is -2.18. The van der Waals surface area contributed by atoms with E-state index in [4.69, 9.17) is 4.52 Å². The van der Waals surface area contributed by atoms with Crippen molar-refractivity contribution >= 4 is 5.91 Å². The Bertz CT molecular complexity index is 610. The highest BCUT2D eigenvalue weighted by Crippen LogP contribution is 2.11. The molecule has 0 fully saturated rings. The number of carbonyl (C=O) groups is 1. The molecule has 2 rings (SSSR count). The van der Waals surface area contributed by atoms with Gasteiger partial charge in [0.25, 0.3) is 5.91 Å². The second-order valence-corrected chi connectivity index (χ2v) is 5.72.